The minimum Gasteiger partial charge on any atom is -0.310 e. The van der Waals surface area contributed by atoms with E-state index < -0.39 is 0 Å². The minimum atomic E-state index is 1.08. The molecule has 0 saturated carbocycles. The lowest BCUT2D eigenvalue weighted by Crippen LogP contribution is -2.11. The van der Waals surface area contributed by atoms with E-state index in [-0.39, 0.29) is 0 Å². The lowest BCUT2D eigenvalue weighted by atomic mass is 9.97. The Morgan fingerprint density at radius 2 is 0.791 bits per heavy atom. The molecule has 2 aromatic heterocycles. The Hall–Kier alpha value is -8.50. The van der Waals surface area contributed by atoms with Crippen LogP contribution in [0.15, 0.2) is 255 Å². The third kappa shape index (κ3) is 6.79. The smallest absolute Gasteiger partial charge is 0.0541 e. The summed E-state index contributed by atoms with van der Waals surface area (Å²) in [6, 6.07) is 93.2. The summed E-state index contributed by atoms with van der Waals surface area (Å²) in [4.78, 5) is 2.42. The SMILES string of the molecule is c1ccc(N(c2ccc(-c3ccc(-c4ccc5ccccc5c4)cc3)cc2)c2ccc(-c3ccccc3-n3c4ccccc4c4ccccc43)cc2)c(-c2ccc3sc4ccccc4c3c2)c1. The maximum absolute atomic E-state index is 2.42. The third-order valence-corrected chi connectivity index (χ3v) is 14.6. The molecule has 2 heterocycles. The molecule has 314 valence electrons. The van der Waals surface area contributed by atoms with Gasteiger partial charge in [-0.3, -0.25) is 0 Å². The number of benzene rings is 11. The van der Waals surface area contributed by atoms with Crippen molar-refractivity contribution >= 4 is 81.1 Å². The zero-order valence-electron chi connectivity index (χ0n) is 36.6. The first kappa shape index (κ1) is 38.9. The number of rotatable bonds is 8. The Morgan fingerprint density at radius 1 is 0.299 bits per heavy atom. The maximum atomic E-state index is 2.42. The number of anilines is 3. The van der Waals surface area contributed by atoms with Crippen LogP contribution in [-0.4, -0.2) is 4.57 Å². The zero-order chi connectivity index (χ0) is 44.3. The van der Waals surface area contributed by atoms with Crippen LogP contribution >= 0.6 is 11.3 Å². The fourth-order valence-corrected chi connectivity index (χ4v) is 11.2. The molecule has 11 aromatic carbocycles. The number of para-hydroxylation sites is 4. The fourth-order valence-electron chi connectivity index (χ4n) is 10.1. The molecule has 0 aliphatic carbocycles. The van der Waals surface area contributed by atoms with E-state index in [1.54, 1.807) is 0 Å². The predicted octanol–water partition coefficient (Wildman–Crippen LogP) is 18.4. The molecule has 0 fully saturated rings. The summed E-state index contributed by atoms with van der Waals surface area (Å²) in [6.45, 7) is 0. The normalized spacial score (nSPS) is 11.6. The van der Waals surface area contributed by atoms with Crippen molar-refractivity contribution in [2.75, 3.05) is 4.90 Å². The Balaban J connectivity index is 0.908. The van der Waals surface area contributed by atoms with Crippen molar-refractivity contribution in [2.45, 2.75) is 0 Å². The van der Waals surface area contributed by atoms with Gasteiger partial charge in [-0.05, 0) is 117 Å². The van der Waals surface area contributed by atoms with Gasteiger partial charge in [-0.1, -0.05) is 182 Å². The summed E-state index contributed by atoms with van der Waals surface area (Å²) in [5.41, 5.74) is 16.4. The molecular formula is C64H42N2S. The van der Waals surface area contributed by atoms with Gasteiger partial charge in [0, 0.05) is 53.4 Å². The standard InChI is InChI=1S/C64H42N2S/c1-2-14-48-41-49(30-29-43(48)13-1)46-27-25-44(26-28-46)45-31-36-51(37-32-45)65(59-20-8-4-16-54(59)50-35-40-64-58(42-50)57-19-7-12-24-63(57)67-64)52-38-33-47(34-39-52)53-15-3-9-21-60(53)66-61-22-10-5-17-55(61)56-18-6-11-23-62(56)66/h1-42H. The summed E-state index contributed by atoms with van der Waals surface area (Å²) in [5, 5.41) is 7.62. The van der Waals surface area contributed by atoms with Crippen LogP contribution in [0.4, 0.5) is 17.1 Å². The van der Waals surface area contributed by atoms with Crippen LogP contribution in [0.5, 0.6) is 0 Å². The van der Waals surface area contributed by atoms with Crippen molar-refractivity contribution in [3.8, 4) is 50.2 Å². The van der Waals surface area contributed by atoms with Gasteiger partial charge in [-0.2, -0.15) is 0 Å². The second kappa shape index (κ2) is 16.2. The van der Waals surface area contributed by atoms with E-state index in [1.807, 2.05) is 11.3 Å². The molecule has 0 spiro atoms. The second-order valence-corrected chi connectivity index (χ2v) is 18.4. The molecule has 0 aliphatic rings. The van der Waals surface area contributed by atoms with Crippen molar-refractivity contribution in [2.24, 2.45) is 0 Å². The number of nitrogens with zero attached hydrogens (tertiary/aromatic N) is 2. The van der Waals surface area contributed by atoms with Crippen LogP contribution < -0.4 is 4.90 Å². The van der Waals surface area contributed by atoms with Crippen LogP contribution in [0, 0.1) is 0 Å². The molecule has 0 saturated heterocycles. The van der Waals surface area contributed by atoms with Crippen LogP contribution in [0.25, 0.3) is 103 Å². The fraction of sp³-hybridized carbons (Fsp3) is 0. The van der Waals surface area contributed by atoms with Crippen molar-refractivity contribution in [3.63, 3.8) is 0 Å². The highest BCUT2D eigenvalue weighted by Crippen LogP contribution is 2.45. The highest BCUT2D eigenvalue weighted by atomic mass is 32.1. The molecule has 0 amide bonds. The Kier molecular flexibility index (Phi) is 9.40. The van der Waals surface area contributed by atoms with Crippen LogP contribution in [0.2, 0.25) is 0 Å². The lowest BCUT2D eigenvalue weighted by Gasteiger charge is -2.28. The van der Waals surface area contributed by atoms with Gasteiger partial charge >= 0.3 is 0 Å². The predicted molar refractivity (Wildman–Crippen MR) is 288 cm³/mol. The third-order valence-electron chi connectivity index (χ3n) is 13.4. The first-order valence-corrected chi connectivity index (χ1v) is 23.7. The summed E-state index contributed by atoms with van der Waals surface area (Å²) >= 11 is 1.86. The monoisotopic (exact) mass is 870 g/mol. The number of hydrogen-bond acceptors (Lipinski definition) is 2. The van der Waals surface area contributed by atoms with Gasteiger partial charge in [0.05, 0.1) is 22.4 Å². The van der Waals surface area contributed by atoms with Gasteiger partial charge in [-0.15, -0.1) is 11.3 Å². The van der Waals surface area contributed by atoms with E-state index in [1.165, 1.54) is 91.7 Å². The van der Waals surface area contributed by atoms with Gasteiger partial charge in [0.1, 0.15) is 0 Å². The summed E-state index contributed by atoms with van der Waals surface area (Å²) in [6.07, 6.45) is 0. The van der Waals surface area contributed by atoms with E-state index in [0.29, 0.717) is 0 Å². The van der Waals surface area contributed by atoms with Crippen LogP contribution in [0.3, 0.4) is 0 Å². The molecule has 0 aliphatic heterocycles. The van der Waals surface area contributed by atoms with Crippen molar-refractivity contribution in [3.05, 3.63) is 255 Å². The van der Waals surface area contributed by atoms with Gasteiger partial charge in [0.25, 0.3) is 0 Å². The average Bonchev–Trinajstić information content (AvgIpc) is 3.95. The summed E-state index contributed by atoms with van der Waals surface area (Å²) in [7, 11) is 0. The molecular weight excluding hydrogens is 829 g/mol. The highest BCUT2D eigenvalue weighted by molar-refractivity contribution is 7.25. The number of thiophene rings is 1. The molecule has 13 rings (SSSR count). The lowest BCUT2D eigenvalue weighted by molar-refractivity contribution is 1.18. The second-order valence-electron chi connectivity index (χ2n) is 17.3. The number of aromatic nitrogens is 1. The molecule has 0 unspecified atom stereocenters. The molecule has 13 aromatic rings. The summed E-state index contributed by atoms with van der Waals surface area (Å²) < 4.78 is 5.03. The maximum Gasteiger partial charge on any atom is 0.0541 e. The van der Waals surface area contributed by atoms with Gasteiger partial charge in [0.15, 0.2) is 0 Å². The van der Waals surface area contributed by atoms with E-state index in [0.717, 1.165) is 28.3 Å². The van der Waals surface area contributed by atoms with Crippen LogP contribution in [-0.2, 0) is 0 Å². The zero-order valence-corrected chi connectivity index (χ0v) is 37.4. The highest BCUT2D eigenvalue weighted by Gasteiger charge is 2.20. The molecule has 2 nitrogen and oxygen atoms in total. The Labute approximate surface area is 393 Å². The topological polar surface area (TPSA) is 8.17 Å². The molecule has 3 heteroatoms. The summed E-state index contributed by atoms with van der Waals surface area (Å²) in [5.74, 6) is 0. The first-order chi connectivity index (χ1) is 33.2. The molecule has 0 atom stereocenters. The van der Waals surface area contributed by atoms with Crippen molar-refractivity contribution in [1.82, 2.24) is 4.57 Å². The molecule has 0 N–H and O–H groups in total. The molecule has 0 bridgehead atoms. The van der Waals surface area contributed by atoms with Gasteiger partial charge in [0.2, 0.25) is 0 Å². The number of fused-ring (bicyclic) bond motifs is 7. The van der Waals surface area contributed by atoms with E-state index in [4.69, 9.17) is 0 Å². The van der Waals surface area contributed by atoms with E-state index in [9.17, 15) is 0 Å². The van der Waals surface area contributed by atoms with Crippen molar-refractivity contribution in [1.29, 1.82) is 0 Å². The Morgan fingerprint density at radius 3 is 1.51 bits per heavy atom. The largest absolute Gasteiger partial charge is 0.310 e. The van der Waals surface area contributed by atoms with Gasteiger partial charge < -0.3 is 9.47 Å². The van der Waals surface area contributed by atoms with E-state index in [2.05, 4.69) is 264 Å². The molecule has 0 radical (unpaired) electrons. The van der Waals surface area contributed by atoms with Gasteiger partial charge in [-0.25, -0.2) is 0 Å². The van der Waals surface area contributed by atoms with Crippen molar-refractivity contribution < 1.29 is 0 Å². The average molecular weight is 871 g/mol. The quantitative estimate of drug-likeness (QED) is 0.148. The first-order valence-electron chi connectivity index (χ1n) is 22.9. The molecule has 67 heavy (non-hydrogen) atoms. The van der Waals surface area contributed by atoms with E-state index >= 15 is 0 Å². The minimum absolute atomic E-state index is 1.08. The number of hydrogen-bond donors (Lipinski definition) is 0. The van der Waals surface area contributed by atoms with Crippen LogP contribution in [0.1, 0.15) is 0 Å². The Bertz CT molecular complexity index is 3920.